The summed E-state index contributed by atoms with van der Waals surface area (Å²) in [5.41, 5.74) is 6.20. The molecule has 0 radical (unpaired) electrons. The number of nitrogens with two attached hydrogens (primary N) is 1. The van der Waals surface area contributed by atoms with Crippen LogP contribution >= 0.6 is 0 Å². The molecule has 0 aromatic heterocycles. The molecule has 2 heteroatoms. The van der Waals surface area contributed by atoms with Crippen LogP contribution in [-0.2, 0) is 0 Å². The molecule has 0 aromatic carbocycles. The van der Waals surface area contributed by atoms with Crippen molar-refractivity contribution in [3.63, 3.8) is 0 Å². The van der Waals surface area contributed by atoms with Crippen molar-refractivity contribution in [3.8, 4) is 0 Å². The van der Waals surface area contributed by atoms with E-state index in [4.69, 9.17) is 5.73 Å². The van der Waals surface area contributed by atoms with Gasteiger partial charge in [0.1, 0.15) is 0 Å². The molecule has 1 heterocycles. The zero-order chi connectivity index (χ0) is 11.5. The van der Waals surface area contributed by atoms with Crippen molar-refractivity contribution in [2.45, 2.75) is 64.5 Å². The van der Waals surface area contributed by atoms with Gasteiger partial charge in [0.2, 0.25) is 0 Å². The standard InChI is InChI=1S/C14H28N2/c1-3-11-8-13(15)10-16(9-11)14(4-2)12-6-5-7-12/h11-14H,3-10,15H2,1-2H3. The third-order valence-corrected chi connectivity index (χ3v) is 4.76. The highest BCUT2D eigenvalue weighted by Gasteiger charge is 2.34. The Kier molecular flexibility index (Phi) is 4.26. The van der Waals surface area contributed by atoms with Gasteiger partial charge in [-0.25, -0.2) is 0 Å². The third kappa shape index (κ3) is 2.60. The van der Waals surface area contributed by atoms with E-state index in [0.29, 0.717) is 6.04 Å². The highest BCUT2D eigenvalue weighted by atomic mass is 15.2. The molecule has 0 bridgehead atoms. The Bertz CT molecular complexity index is 213. The Morgan fingerprint density at radius 3 is 2.50 bits per heavy atom. The van der Waals surface area contributed by atoms with Crippen LogP contribution in [0, 0.1) is 11.8 Å². The second-order valence-corrected chi connectivity index (χ2v) is 5.89. The number of rotatable bonds is 4. The molecule has 0 spiro atoms. The van der Waals surface area contributed by atoms with E-state index in [0.717, 1.165) is 24.4 Å². The fourth-order valence-corrected chi connectivity index (χ4v) is 3.57. The van der Waals surface area contributed by atoms with Crippen LogP contribution in [0.1, 0.15) is 52.4 Å². The molecule has 1 saturated heterocycles. The molecule has 16 heavy (non-hydrogen) atoms. The van der Waals surface area contributed by atoms with Crippen molar-refractivity contribution in [1.29, 1.82) is 0 Å². The topological polar surface area (TPSA) is 29.3 Å². The number of likely N-dealkylation sites (tertiary alicyclic amines) is 1. The molecule has 2 N–H and O–H groups in total. The van der Waals surface area contributed by atoms with E-state index < -0.39 is 0 Å². The van der Waals surface area contributed by atoms with Gasteiger partial charge in [-0.05, 0) is 37.5 Å². The van der Waals surface area contributed by atoms with Gasteiger partial charge in [0.05, 0.1) is 0 Å². The van der Waals surface area contributed by atoms with Gasteiger partial charge in [-0.15, -0.1) is 0 Å². The second kappa shape index (κ2) is 5.50. The summed E-state index contributed by atoms with van der Waals surface area (Å²) >= 11 is 0. The Hall–Kier alpha value is -0.0800. The molecule has 1 saturated carbocycles. The minimum absolute atomic E-state index is 0.424. The highest BCUT2D eigenvalue weighted by molar-refractivity contribution is 4.89. The summed E-state index contributed by atoms with van der Waals surface area (Å²) in [4.78, 5) is 2.71. The molecule has 2 fully saturated rings. The first-order valence-electron chi connectivity index (χ1n) is 7.24. The van der Waals surface area contributed by atoms with Crippen LogP contribution in [0.4, 0.5) is 0 Å². The zero-order valence-corrected chi connectivity index (χ0v) is 11.0. The van der Waals surface area contributed by atoms with Crippen molar-refractivity contribution >= 4 is 0 Å². The van der Waals surface area contributed by atoms with Gasteiger partial charge >= 0.3 is 0 Å². The molecule has 2 rings (SSSR count). The van der Waals surface area contributed by atoms with Gasteiger partial charge in [-0.3, -0.25) is 4.90 Å². The highest BCUT2D eigenvalue weighted by Crippen LogP contribution is 2.35. The minimum atomic E-state index is 0.424. The lowest BCUT2D eigenvalue weighted by Crippen LogP contribution is -2.53. The smallest absolute Gasteiger partial charge is 0.0171 e. The van der Waals surface area contributed by atoms with Gasteiger partial charge in [0.25, 0.3) is 0 Å². The molecule has 3 unspecified atom stereocenters. The van der Waals surface area contributed by atoms with Gasteiger partial charge in [0.15, 0.2) is 0 Å². The van der Waals surface area contributed by atoms with Crippen LogP contribution in [0.15, 0.2) is 0 Å². The van der Waals surface area contributed by atoms with Crippen LogP contribution < -0.4 is 5.73 Å². The van der Waals surface area contributed by atoms with Crippen LogP contribution in [0.3, 0.4) is 0 Å². The first-order chi connectivity index (χ1) is 7.74. The third-order valence-electron chi connectivity index (χ3n) is 4.76. The predicted octanol–water partition coefficient (Wildman–Crippen LogP) is 2.62. The molecule has 3 atom stereocenters. The van der Waals surface area contributed by atoms with Crippen molar-refractivity contribution < 1.29 is 0 Å². The first-order valence-corrected chi connectivity index (χ1v) is 7.24. The van der Waals surface area contributed by atoms with Crippen LogP contribution in [0.5, 0.6) is 0 Å². The lowest BCUT2D eigenvalue weighted by Gasteiger charge is -2.46. The van der Waals surface area contributed by atoms with Crippen molar-refractivity contribution in [2.24, 2.45) is 17.6 Å². The first kappa shape index (κ1) is 12.4. The minimum Gasteiger partial charge on any atom is -0.327 e. The normalized spacial score (nSPS) is 34.7. The molecule has 1 aliphatic carbocycles. The lowest BCUT2D eigenvalue weighted by atomic mass is 9.77. The Morgan fingerprint density at radius 1 is 1.25 bits per heavy atom. The SMILES string of the molecule is CCC1CC(N)CN(C(CC)C2CCC2)C1. The van der Waals surface area contributed by atoms with Crippen LogP contribution in [-0.4, -0.2) is 30.1 Å². The van der Waals surface area contributed by atoms with Crippen molar-refractivity contribution in [3.05, 3.63) is 0 Å². The lowest BCUT2D eigenvalue weighted by molar-refractivity contribution is 0.0458. The Morgan fingerprint density at radius 2 is 2.00 bits per heavy atom. The van der Waals surface area contributed by atoms with Crippen LogP contribution in [0.25, 0.3) is 0 Å². The van der Waals surface area contributed by atoms with E-state index in [1.54, 1.807) is 0 Å². The molecule has 2 aliphatic rings. The number of hydrogen-bond donors (Lipinski definition) is 1. The van der Waals surface area contributed by atoms with Crippen molar-refractivity contribution in [2.75, 3.05) is 13.1 Å². The summed E-state index contributed by atoms with van der Waals surface area (Å²) in [6, 6.07) is 1.25. The predicted molar refractivity (Wildman–Crippen MR) is 69.4 cm³/mol. The summed E-state index contributed by atoms with van der Waals surface area (Å²) in [6.45, 7) is 7.11. The summed E-state index contributed by atoms with van der Waals surface area (Å²) < 4.78 is 0. The van der Waals surface area contributed by atoms with Gasteiger partial charge < -0.3 is 5.73 Å². The number of nitrogens with zero attached hydrogens (tertiary/aromatic N) is 1. The average Bonchev–Trinajstić information content (AvgIpc) is 2.22. The maximum atomic E-state index is 6.20. The monoisotopic (exact) mass is 224 g/mol. The van der Waals surface area contributed by atoms with E-state index in [1.807, 2.05) is 0 Å². The molecule has 0 amide bonds. The summed E-state index contributed by atoms with van der Waals surface area (Å²) in [5.74, 6) is 1.82. The maximum Gasteiger partial charge on any atom is 0.0171 e. The molecular formula is C14H28N2. The van der Waals surface area contributed by atoms with Crippen LogP contribution in [0.2, 0.25) is 0 Å². The largest absolute Gasteiger partial charge is 0.327 e. The number of hydrogen-bond acceptors (Lipinski definition) is 2. The Balaban J connectivity index is 1.94. The summed E-state index contributed by atoms with van der Waals surface area (Å²) in [6.07, 6.45) is 8.23. The van der Waals surface area contributed by atoms with E-state index in [2.05, 4.69) is 18.7 Å². The second-order valence-electron chi connectivity index (χ2n) is 5.89. The van der Waals surface area contributed by atoms with Gasteiger partial charge in [0, 0.05) is 25.2 Å². The Labute approximate surface area is 101 Å². The van der Waals surface area contributed by atoms with E-state index >= 15 is 0 Å². The van der Waals surface area contributed by atoms with Gasteiger partial charge in [-0.1, -0.05) is 26.7 Å². The average molecular weight is 224 g/mol. The summed E-state index contributed by atoms with van der Waals surface area (Å²) in [7, 11) is 0. The molecular weight excluding hydrogens is 196 g/mol. The van der Waals surface area contributed by atoms with Crippen molar-refractivity contribution in [1.82, 2.24) is 4.90 Å². The van der Waals surface area contributed by atoms with E-state index in [1.165, 1.54) is 45.1 Å². The van der Waals surface area contributed by atoms with E-state index in [9.17, 15) is 0 Å². The fraction of sp³-hybridized carbons (Fsp3) is 1.00. The molecule has 0 aromatic rings. The molecule has 94 valence electrons. The zero-order valence-electron chi connectivity index (χ0n) is 11.0. The molecule has 1 aliphatic heterocycles. The number of piperidine rings is 1. The van der Waals surface area contributed by atoms with E-state index in [-0.39, 0.29) is 0 Å². The molecule has 2 nitrogen and oxygen atoms in total. The maximum absolute atomic E-state index is 6.20. The van der Waals surface area contributed by atoms with Gasteiger partial charge in [-0.2, -0.15) is 0 Å². The fourth-order valence-electron chi connectivity index (χ4n) is 3.57. The summed E-state index contributed by atoms with van der Waals surface area (Å²) in [5, 5.41) is 0. The quantitative estimate of drug-likeness (QED) is 0.795.